The van der Waals surface area contributed by atoms with E-state index >= 15 is 0 Å². The highest BCUT2D eigenvalue weighted by Crippen LogP contribution is 2.25. The van der Waals surface area contributed by atoms with Gasteiger partial charge in [0.05, 0.1) is 32.0 Å². The Morgan fingerprint density at radius 3 is 1.54 bits per heavy atom. The standard InChI is InChI=1S/C55H103N5O15.C2H8NO3P/c1-6-8-10-12-14-16-18-20-22-24-26-28-30-32-45(64)73-43(38-62)50(75-46(65)33-31-29-27-25-23-21-19-17-15-13-11-9-7-2)55(5,58)54(71)59-41(51(57)67)34-35-44(63)60(40(4)52(68)69)36-39(3)72-49-47(56)53(70)74-42(37-61)48(49)66;3-1-2-6-7(4)5/h39-43,47-50,53,61-62,66,70H,6-38,56,58H2,1-5H3,(H2,57,67)(H,59,71)(H,68,69);7H,1-3H2,(H,4,5)/t39?,40-,41+,42+,43-,47+,48+,49+,50?,53-,55+;/m0./s1. The summed E-state index contributed by atoms with van der Waals surface area (Å²) in [6.45, 7) is 6.88. The molecule has 482 valence electrons. The highest BCUT2D eigenvalue weighted by molar-refractivity contribution is 7.32. The number of aliphatic carboxylic acids is 1. The van der Waals surface area contributed by atoms with E-state index in [0.717, 1.165) is 56.3 Å². The summed E-state index contributed by atoms with van der Waals surface area (Å²) >= 11 is 0. The normalized spacial score (nSPS) is 19.9. The fourth-order valence-electron chi connectivity index (χ4n) is 9.54. The SMILES string of the molecule is CCCCCCCCCCCCCCCC(=O)OC([C@H](CO)OC(=O)CCCCCCCCCCCCCCC)[C@@](C)(N)C(=O)N[C@H](CCC(=O)N(CC(C)O[C@@H]1[C@@H](N)[C@@H](O)O[C@H](CO)[C@H]1O)[C@@H](C)C(=O)O)C(N)=O.NCCO[PH](=O)O. The molecule has 0 aromatic heterocycles. The molecule has 1 fully saturated rings. The summed E-state index contributed by atoms with van der Waals surface area (Å²) in [5.41, 5.74) is 21.0. The second kappa shape index (κ2) is 47.8. The van der Waals surface area contributed by atoms with E-state index in [0.29, 0.717) is 12.8 Å². The molecule has 0 aliphatic carbocycles. The molecule has 3 amide bonds. The minimum Gasteiger partial charge on any atom is -0.480 e. The van der Waals surface area contributed by atoms with Gasteiger partial charge in [-0.3, -0.25) is 28.5 Å². The number of carboxylic acid groups (broad SMARTS) is 1. The summed E-state index contributed by atoms with van der Waals surface area (Å²) in [6, 6.07) is -4.26. The Hall–Kier alpha value is -3.39. The van der Waals surface area contributed by atoms with Crippen molar-refractivity contribution >= 4 is 43.9 Å². The van der Waals surface area contributed by atoms with Crippen molar-refractivity contribution in [3.8, 4) is 0 Å². The molecule has 0 aromatic carbocycles. The molecule has 0 aromatic rings. The number of carbonyl (C=O) groups is 6. The van der Waals surface area contributed by atoms with Crippen LogP contribution >= 0.6 is 8.25 Å². The number of amides is 3. The Morgan fingerprint density at radius 1 is 0.720 bits per heavy atom. The van der Waals surface area contributed by atoms with Crippen LogP contribution in [0.25, 0.3) is 0 Å². The third-order valence-electron chi connectivity index (χ3n) is 14.7. The van der Waals surface area contributed by atoms with E-state index in [4.69, 9.17) is 46.8 Å². The van der Waals surface area contributed by atoms with E-state index in [1.54, 1.807) is 0 Å². The number of carbonyl (C=O) groups excluding carboxylic acids is 5. The highest BCUT2D eigenvalue weighted by atomic mass is 31.1. The summed E-state index contributed by atoms with van der Waals surface area (Å²) in [4.78, 5) is 88.4. The Balaban J connectivity index is 0.00000874. The van der Waals surface area contributed by atoms with Gasteiger partial charge in [-0.05, 0) is 40.0 Å². The van der Waals surface area contributed by atoms with Crippen LogP contribution in [0, 0.1) is 0 Å². The second-order valence-electron chi connectivity index (χ2n) is 22.0. The number of hydrogen-bond acceptors (Lipinski definition) is 19. The number of primary amides is 1. The summed E-state index contributed by atoms with van der Waals surface area (Å²) < 4.78 is 36.3. The van der Waals surface area contributed by atoms with E-state index < -0.39 is 137 Å². The molecule has 24 nitrogen and oxygen atoms in total. The number of carboxylic acids is 1. The van der Waals surface area contributed by atoms with Crippen LogP contribution in [0.5, 0.6) is 0 Å². The average Bonchev–Trinajstić information content (AvgIpc) is 3.65. The van der Waals surface area contributed by atoms with Gasteiger partial charge in [0.2, 0.25) is 17.7 Å². The number of aliphatic hydroxyl groups excluding tert-OH is 4. The molecule has 1 saturated heterocycles. The first-order valence-electron chi connectivity index (χ1n) is 30.5. The lowest BCUT2D eigenvalue weighted by atomic mass is 9.89. The highest BCUT2D eigenvalue weighted by Gasteiger charge is 2.48. The zero-order valence-corrected chi connectivity index (χ0v) is 51.4. The van der Waals surface area contributed by atoms with Crippen LogP contribution in [-0.2, 0) is 56.8 Å². The van der Waals surface area contributed by atoms with Crippen LogP contribution in [0.3, 0.4) is 0 Å². The molecule has 25 heteroatoms. The smallest absolute Gasteiger partial charge is 0.326 e. The fourth-order valence-corrected chi connectivity index (χ4v) is 9.83. The third kappa shape index (κ3) is 35.2. The Bertz CT molecular complexity index is 1760. The number of esters is 2. The van der Waals surface area contributed by atoms with Gasteiger partial charge >= 0.3 is 26.2 Å². The lowest BCUT2D eigenvalue weighted by molar-refractivity contribution is -0.263. The van der Waals surface area contributed by atoms with Crippen LogP contribution in [-0.4, -0.2) is 170 Å². The van der Waals surface area contributed by atoms with E-state index in [-0.39, 0.29) is 32.5 Å². The van der Waals surface area contributed by atoms with E-state index in [1.807, 2.05) is 0 Å². The summed E-state index contributed by atoms with van der Waals surface area (Å²) in [7, 11) is -2.73. The molecule has 0 spiro atoms. The predicted octanol–water partition coefficient (Wildman–Crippen LogP) is 5.05. The topological polar surface area (TPSA) is 406 Å². The molecule has 1 rings (SSSR count). The minimum absolute atomic E-state index is 0.0138. The lowest BCUT2D eigenvalue weighted by Crippen LogP contribution is -2.66. The van der Waals surface area contributed by atoms with Gasteiger partial charge in [-0.1, -0.05) is 168 Å². The van der Waals surface area contributed by atoms with E-state index in [9.17, 15) is 58.9 Å². The van der Waals surface area contributed by atoms with Crippen LogP contribution < -0.4 is 28.3 Å². The van der Waals surface area contributed by atoms with Crippen molar-refractivity contribution in [2.75, 3.05) is 32.9 Å². The first-order chi connectivity index (χ1) is 39.0. The number of nitrogens with one attached hydrogen (secondary N) is 1. The van der Waals surface area contributed by atoms with Gasteiger partial charge in [-0.2, -0.15) is 0 Å². The number of rotatable bonds is 49. The first kappa shape index (κ1) is 78.6. The van der Waals surface area contributed by atoms with Crippen LogP contribution in [0.4, 0.5) is 0 Å². The minimum atomic E-state index is -2.73. The monoisotopic (exact) mass is 1200 g/mol. The first-order valence-corrected chi connectivity index (χ1v) is 31.8. The van der Waals surface area contributed by atoms with E-state index in [1.165, 1.54) is 124 Å². The quantitative estimate of drug-likeness (QED) is 0.0216. The van der Waals surface area contributed by atoms with Crippen molar-refractivity contribution in [3.63, 3.8) is 0 Å². The molecule has 0 bridgehead atoms. The van der Waals surface area contributed by atoms with Gasteiger partial charge < -0.3 is 87.0 Å². The zero-order valence-electron chi connectivity index (χ0n) is 50.4. The maximum absolute atomic E-state index is 14.1. The molecule has 1 aliphatic rings. The second-order valence-corrected chi connectivity index (χ2v) is 22.9. The predicted molar refractivity (Wildman–Crippen MR) is 312 cm³/mol. The van der Waals surface area contributed by atoms with Gasteiger partial charge in [0.1, 0.15) is 35.9 Å². The molecule has 82 heavy (non-hydrogen) atoms. The maximum Gasteiger partial charge on any atom is 0.326 e. The van der Waals surface area contributed by atoms with Crippen molar-refractivity contribution in [3.05, 3.63) is 0 Å². The summed E-state index contributed by atoms with van der Waals surface area (Å²) in [5, 5.41) is 53.4. The molecule has 1 aliphatic heterocycles. The Kier molecular flexibility index (Phi) is 45.8. The van der Waals surface area contributed by atoms with Gasteiger partial charge in [-0.25, -0.2) is 4.79 Å². The molecule has 0 saturated carbocycles. The van der Waals surface area contributed by atoms with E-state index in [2.05, 4.69) is 23.7 Å². The van der Waals surface area contributed by atoms with Crippen LogP contribution in [0.1, 0.15) is 227 Å². The number of aliphatic hydroxyl groups is 4. The van der Waals surface area contributed by atoms with Gasteiger partial charge in [-0.15, -0.1) is 0 Å². The number of nitrogens with zero attached hydrogens (tertiary/aromatic N) is 1. The Morgan fingerprint density at radius 2 is 1.16 bits per heavy atom. The van der Waals surface area contributed by atoms with Crippen LogP contribution in [0.2, 0.25) is 0 Å². The number of nitrogens with two attached hydrogens (primary N) is 4. The van der Waals surface area contributed by atoms with Gasteiger partial charge in [0.15, 0.2) is 18.5 Å². The largest absolute Gasteiger partial charge is 0.480 e. The van der Waals surface area contributed by atoms with Crippen molar-refractivity contribution in [2.45, 2.75) is 294 Å². The summed E-state index contributed by atoms with van der Waals surface area (Å²) in [6.07, 6.45) is 17.9. The molecule has 12 atom stereocenters. The molecule has 3 unspecified atom stereocenters. The zero-order chi connectivity index (χ0) is 61.9. The molecular weight excluding hydrogens is 1090 g/mol. The van der Waals surface area contributed by atoms with Gasteiger partial charge in [0, 0.05) is 32.4 Å². The molecule has 1 heterocycles. The summed E-state index contributed by atoms with van der Waals surface area (Å²) in [5.74, 6) is -5.77. The number of unbranched alkanes of at least 4 members (excludes halogenated alkanes) is 24. The van der Waals surface area contributed by atoms with Gasteiger partial charge in [0.25, 0.3) is 0 Å². The van der Waals surface area contributed by atoms with Crippen LogP contribution in [0.15, 0.2) is 0 Å². The van der Waals surface area contributed by atoms with Crippen molar-refractivity contribution in [1.82, 2.24) is 10.2 Å². The molecule has 0 radical (unpaired) electrons. The van der Waals surface area contributed by atoms with Crippen molar-refractivity contribution in [1.29, 1.82) is 0 Å². The Labute approximate surface area is 489 Å². The average molecular weight is 1200 g/mol. The fraction of sp³-hybridized carbons (Fsp3) is 0.895. The number of ether oxygens (including phenoxy) is 4. The molecular formula is C57H111N6O18P. The van der Waals surface area contributed by atoms with Crippen molar-refractivity contribution in [2.24, 2.45) is 22.9 Å². The third-order valence-corrected chi connectivity index (χ3v) is 15.1. The van der Waals surface area contributed by atoms with Crippen molar-refractivity contribution < 1.29 is 87.2 Å². The lowest BCUT2D eigenvalue weighted by Gasteiger charge is -2.42. The number of hydrogen-bond donors (Lipinski definition) is 11. The maximum atomic E-state index is 14.1. The molecule has 15 N–H and O–H groups in total.